The molecule has 0 aliphatic heterocycles. The summed E-state index contributed by atoms with van der Waals surface area (Å²) >= 11 is 5.91. The Kier molecular flexibility index (Phi) is 4.37. The summed E-state index contributed by atoms with van der Waals surface area (Å²) in [7, 11) is 0. The minimum Gasteiger partial charge on any atom is -0.382 e. The van der Waals surface area contributed by atoms with Crippen LogP contribution in [0, 0.1) is 0 Å². The number of anilines is 2. The van der Waals surface area contributed by atoms with Crippen molar-refractivity contribution >= 4 is 23.2 Å². The van der Waals surface area contributed by atoms with Crippen molar-refractivity contribution in [3.8, 4) is 0 Å². The van der Waals surface area contributed by atoms with E-state index in [1.165, 1.54) is 11.9 Å². The zero-order valence-corrected chi connectivity index (χ0v) is 9.67. The minimum atomic E-state index is 0.302. The topological polar surface area (TPSA) is 63.8 Å². The Morgan fingerprint density at radius 2 is 2.27 bits per heavy atom. The van der Waals surface area contributed by atoms with Gasteiger partial charge < -0.3 is 11.1 Å². The number of aromatic nitrogens is 2. The van der Waals surface area contributed by atoms with Crippen LogP contribution in [-0.2, 0) is 0 Å². The number of nitrogens with one attached hydrogen (secondary N) is 1. The average Bonchev–Trinajstić information content (AvgIpc) is 2.18. The number of hydrogen-bond donors (Lipinski definition) is 2. The van der Waals surface area contributed by atoms with Gasteiger partial charge in [0.05, 0.1) is 0 Å². The van der Waals surface area contributed by atoms with Crippen LogP contribution >= 0.6 is 11.6 Å². The van der Waals surface area contributed by atoms with Gasteiger partial charge in [0, 0.05) is 6.54 Å². The zero-order valence-electron chi connectivity index (χ0n) is 8.92. The molecular formula is C10H15ClN4. The maximum atomic E-state index is 5.91. The van der Waals surface area contributed by atoms with Gasteiger partial charge in [-0.15, -0.1) is 0 Å². The predicted molar refractivity (Wildman–Crippen MR) is 64.0 cm³/mol. The number of halogens is 1. The molecular weight excluding hydrogens is 212 g/mol. The average molecular weight is 227 g/mol. The quantitative estimate of drug-likeness (QED) is 0.612. The van der Waals surface area contributed by atoms with Crippen LogP contribution in [0.1, 0.15) is 20.3 Å². The lowest BCUT2D eigenvalue weighted by atomic mass is 10.3. The van der Waals surface area contributed by atoms with Gasteiger partial charge in [-0.1, -0.05) is 23.3 Å². The van der Waals surface area contributed by atoms with Gasteiger partial charge >= 0.3 is 0 Å². The lowest BCUT2D eigenvalue weighted by Crippen LogP contribution is -2.05. The van der Waals surface area contributed by atoms with Crippen molar-refractivity contribution < 1.29 is 0 Å². The third kappa shape index (κ3) is 3.75. The molecule has 5 heteroatoms. The summed E-state index contributed by atoms with van der Waals surface area (Å²) in [6.07, 6.45) is 4.47. The maximum absolute atomic E-state index is 5.91. The number of hydrogen-bond acceptors (Lipinski definition) is 4. The molecule has 4 nitrogen and oxygen atoms in total. The van der Waals surface area contributed by atoms with Crippen LogP contribution < -0.4 is 11.1 Å². The molecule has 1 rings (SSSR count). The van der Waals surface area contributed by atoms with Gasteiger partial charge in [0.1, 0.15) is 23.0 Å². The Morgan fingerprint density at radius 1 is 1.53 bits per heavy atom. The van der Waals surface area contributed by atoms with Crippen molar-refractivity contribution in [3.63, 3.8) is 0 Å². The van der Waals surface area contributed by atoms with Crippen LogP contribution in [0.3, 0.4) is 0 Å². The van der Waals surface area contributed by atoms with Gasteiger partial charge in [0.15, 0.2) is 0 Å². The lowest BCUT2D eigenvalue weighted by molar-refractivity contribution is 1.02. The van der Waals surface area contributed by atoms with E-state index in [0.717, 1.165) is 13.0 Å². The van der Waals surface area contributed by atoms with E-state index in [1.807, 2.05) is 0 Å². The first-order valence-electron chi connectivity index (χ1n) is 4.74. The van der Waals surface area contributed by atoms with Crippen LogP contribution in [0.2, 0.25) is 5.02 Å². The molecule has 0 fully saturated rings. The molecule has 0 atom stereocenters. The highest BCUT2D eigenvalue weighted by atomic mass is 35.5. The van der Waals surface area contributed by atoms with E-state index in [2.05, 4.69) is 35.2 Å². The van der Waals surface area contributed by atoms with E-state index >= 15 is 0 Å². The Balaban J connectivity index is 2.51. The molecule has 0 saturated heterocycles. The molecule has 0 unspecified atom stereocenters. The second-order valence-corrected chi connectivity index (χ2v) is 3.80. The number of nitrogen functional groups attached to an aromatic ring is 1. The molecule has 0 radical (unpaired) electrons. The van der Waals surface area contributed by atoms with E-state index in [0.29, 0.717) is 16.7 Å². The third-order valence-corrected chi connectivity index (χ3v) is 2.18. The molecule has 0 spiro atoms. The first-order valence-corrected chi connectivity index (χ1v) is 5.12. The third-order valence-electron chi connectivity index (χ3n) is 1.81. The molecule has 0 aromatic carbocycles. The molecule has 0 amide bonds. The lowest BCUT2D eigenvalue weighted by Gasteiger charge is -2.06. The monoisotopic (exact) mass is 226 g/mol. The summed E-state index contributed by atoms with van der Waals surface area (Å²) in [5.74, 6) is 0.891. The standard InChI is InChI=1S/C10H15ClN4/c1-7(2)4-3-5-13-10-8(11)9(12)14-6-15-10/h4,6H,3,5H2,1-2H3,(H3,12,13,14,15). The summed E-state index contributed by atoms with van der Waals surface area (Å²) in [6.45, 7) is 4.91. The molecule has 82 valence electrons. The van der Waals surface area contributed by atoms with Crippen LogP contribution in [-0.4, -0.2) is 16.5 Å². The minimum absolute atomic E-state index is 0.302. The number of nitrogens with zero attached hydrogens (tertiary/aromatic N) is 2. The van der Waals surface area contributed by atoms with Gasteiger partial charge in [0.2, 0.25) is 0 Å². The van der Waals surface area contributed by atoms with Crippen LogP contribution in [0.4, 0.5) is 11.6 Å². The fraction of sp³-hybridized carbons (Fsp3) is 0.400. The summed E-state index contributed by atoms with van der Waals surface area (Å²) in [5, 5.41) is 3.49. The molecule has 0 aliphatic rings. The maximum Gasteiger partial charge on any atom is 0.150 e. The first-order chi connectivity index (χ1) is 7.11. The summed E-state index contributed by atoms with van der Waals surface area (Å²) in [5.41, 5.74) is 6.83. The van der Waals surface area contributed by atoms with Gasteiger partial charge in [0.25, 0.3) is 0 Å². The number of nitrogens with two attached hydrogens (primary N) is 1. The Bertz CT molecular complexity index is 358. The SMILES string of the molecule is CC(C)=CCCNc1ncnc(N)c1Cl. The highest BCUT2D eigenvalue weighted by molar-refractivity contribution is 6.35. The second kappa shape index (κ2) is 5.56. The fourth-order valence-corrected chi connectivity index (χ4v) is 1.22. The van der Waals surface area contributed by atoms with Crippen molar-refractivity contribution in [3.05, 3.63) is 23.0 Å². The summed E-state index contributed by atoms with van der Waals surface area (Å²) in [4.78, 5) is 7.78. The van der Waals surface area contributed by atoms with Crippen molar-refractivity contribution in [1.29, 1.82) is 0 Å². The van der Waals surface area contributed by atoms with Gasteiger partial charge in [-0.3, -0.25) is 0 Å². The molecule has 0 saturated carbocycles. The normalized spacial score (nSPS) is 9.80. The molecule has 1 aromatic heterocycles. The van der Waals surface area contributed by atoms with Crippen molar-refractivity contribution in [2.45, 2.75) is 20.3 Å². The smallest absolute Gasteiger partial charge is 0.150 e. The largest absolute Gasteiger partial charge is 0.382 e. The molecule has 0 bridgehead atoms. The first kappa shape index (κ1) is 11.8. The van der Waals surface area contributed by atoms with E-state index < -0.39 is 0 Å². The fourth-order valence-electron chi connectivity index (χ4n) is 1.06. The molecule has 1 aromatic rings. The Labute approximate surface area is 94.6 Å². The number of rotatable bonds is 4. The van der Waals surface area contributed by atoms with Crippen LogP contribution in [0.5, 0.6) is 0 Å². The van der Waals surface area contributed by atoms with Crippen molar-refractivity contribution in [1.82, 2.24) is 9.97 Å². The molecule has 0 aliphatic carbocycles. The summed E-state index contributed by atoms with van der Waals surface area (Å²) < 4.78 is 0. The predicted octanol–water partition coefficient (Wildman–Crippen LogP) is 2.48. The van der Waals surface area contributed by atoms with E-state index in [-0.39, 0.29) is 0 Å². The van der Waals surface area contributed by atoms with Gasteiger partial charge in [-0.05, 0) is 20.3 Å². The van der Waals surface area contributed by atoms with Crippen molar-refractivity contribution in [2.75, 3.05) is 17.6 Å². The van der Waals surface area contributed by atoms with E-state index in [4.69, 9.17) is 17.3 Å². The zero-order chi connectivity index (χ0) is 11.3. The second-order valence-electron chi connectivity index (χ2n) is 3.42. The van der Waals surface area contributed by atoms with Crippen LogP contribution in [0.25, 0.3) is 0 Å². The molecule has 3 N–H and O–H groups in total. The molecule has 1 heterocycles. The van der Waals surface area contributed by atoms with Crippen molar-refractivity contribution in [2.24, 2.45) is 0 Å². The highest BCUT2D eigenvalue weighted by Gasteiger charge is 2.04. The van der Waals surface area contributed by atoms with E-state index in [9.17, 15) is 0 Å². The van der Waals surface area contributed by atoms with E-state index in [1.54, 1.807) is 0 Å². The molecule has 15 heavy (non-hydrogen) atoms. The Morgan fingerprint density at radius 3 is 2.93 bits per heavy atom. The summed E-state index contributed by atoms with van der Waals surface area (Å²) in [6, 6.07) is 0. The van der Waals surface area contributed by atoms with Crippen LogP contribution in [0.15, 0.2) is 18.0 Å². The van der Waals surface area contributed by atoms with Gasteiger partial charge in [-0.2, -0.15) is 0 Å². The number of allylic oxidation sites excluding steroid dienone is 1. The highest BCUT2D eigenvalue weighted by Crippen LogP contribution is 2.22. The van der Waals surface area contributed by atoms with Gasteiger partial charge in [-0.25, -0.2) is 9.97 Å². The Hall–Kier alpha value is -1.29.